The van der Waals surface area contributed by atoms with E-state index in [1.54, 1.807) is 0 Å². The maximum absolute atomic E-state index is 3.12. The van der Waals surface area contributed by atoms with Crippen molar-refractivity contribution in [2.45, 2.75) is 13.3 Å². The first-order chi connectivity index (χ1) is 5.57. The predicted molar refractivity (Wildman–Crippen MR) is 79.2 cm³/mol. The van der Waals surface area contributed by atoms with Crippen LogP contribution in [0, 0.1) is 0 Å². The van der Waals surface area contributed by atoms with Gasteiger partial charge < -0.3 is 24.0 Å². The van der Waals surface area contributed by atoms with Gasteiger partial charge in [-0.25, -0.2) is 9.55 Å². The van der Waals surface area contributed by atoms with Gasteiger partial charge >= 0.3 is 4.30 Å². The molecular weight excluding hydrogens is 635 g/mol. The number of imidazole rings is 1. The van der Waals surface area contributed by atoms with E-state index in [9.17, 15) is 0 Å². The number of rotatable bonds is 1. The molecule has 0 aromatic carbocycles. The van der Waals surface area contributed by atoms with Crippen LogP contribution in [0.2, 0.25) is 0 Å². The average molecular weight is 646 g/mol. The van der Waals surface area contributed by atoms with Gasteiger partial charge in [0.05, 0.1) is 7.05 Å². The number of aryl methyl sites for hydroxylation is 2. The second kappa shape index (κ2) is 11.2. The Labute approximate surface area is 134 Å². The number of halogens is 4. The molecule has 76 valence electrons. The van der Waals surface area contributed by atoms with Crippen molar-refractivity contribution in [2.24, 2.45) is 7.05 Å². The van der Waals surface area contributed by atoms with Gasteiger partial charge in [-0.3, -0.25) is 0 Å². The Morgan fingerprint density at radius 3 is 2.08 bits per heavy atom. The Hall–Kier alpha value is 2.66. The molecule has 7 heteroatoms. The number of H-pyrrole nitrogens is 1. The summed E-state index contributed by atoms with van der Waals surface area (Å²) in [6.45, 7) is 2.13. The second-order valence-corrected chi connectivity index (χ2v) is 35.3. The number of nitrogens with zero attached hydrogens (tertiary/aromatic N) is 1. The summed E-state index contributed by atoms with van der Waals surface area (Å²) in [5, 5.41) is 0. The van der Waals surface area contributed by atoms with Crippen LogP contribution in [0.1, 0.15) is 12.7 Å². The van der Waals surface area contributed by atoms with Crippen molar-refractivity contribution in [2.75, 3.05) is 0 Å². The highest BCUT2D eigenvalue weighted by Gasteiger charge is 1.99. The molecule has 1 rings (SSSR count). The molecule has 0 bridgehead atoms. The van der Waals surface area contributed by atoms with E-state index in [1.807, 2.05) is 19.4 Å². The molecule has 0 unspecified atom stereocenters. The van der Waals surface area contributed by atoms with Crippen LogP contribution in [0.4, 0.5) is 0 Å². The first-order valence-corrected chi connectivity index (χ1v) is 16.0. The van der Waals surface area contributed by atoms with Crippen LogP contribution >= 0.6 is 60.8 Å². The number of hydrogen-bond acceptors (Lipinski definition) is 0. The quantitative estimate of drug-likeness (QED) is 0.246. The third-order valence-corrected chi connectivity index (χ3v) is 1.31. The zero-order chi connectivity index (χ0) is 9.56. The van der Waals surface area contributed by atoms with Crippen molar-refractivity contribution in [1.82, 2.24) is 4.98 Å². The summed E-state index contributed by atoms with van der Waals surface area (Å²) < 4.78 is 1.85. The first-order valence-electron chi connectivity index (χ1n) is 3.52. The minimum Gasteiger partial charge on any atom is -1.00 e. The van der Waals surface area contributed by atoms with Crippen molar-refractivity contribution in [3.05, 3.63) is 18.2 Å². The fourth-order valence-electron chi connectivity index (χ4n) is 0.789. The van der Waals surface area contributed by atoms with Crippen molar-refractivity contribution >= 4 is 65.1 Å². The van der Waals surface area contributed by atoms with Gasteiger partial charge in [-0.1, -0.05) is 6.92 Å². The number of nitrogens with one attached hydrogen (secondary N) is 1. The van der Waals surface area contributed by atoms with Crippen LogP contribution in [0.5, 0.6) is 0 Å². The van der Waals surface area contributed by atoms with Gasteiger partial charge in [-0.2, -0.15) is 60.8 Å². The molecule has 1 aromatic heterocycles. The molecule has 0 radical (unpaired) electrons. The van der Waals surface area contributed by atoms with Gasteiger partial charge in [-0.15, -0.1) is 0 Å². The summed E-state index contributed by atoms with van der Waals surface area (Å²) in [6.07, 6.45) is 5.03. The normalized spacial score (nSPS) is 8.08. The Morgan fingerprint density at radius 2 is 1.92 bits per heavy atom. The molecule has 0 saturated heterocycles. The summed E-state index contributed by atoms with van der Waals surface area (Å²) in [5.74, 6) is 1.27. The largest absolute Gasteiger partial charge is 1.00 e. The monoisotopic (exact) mass is 646 g/mol. The van der Waals surface area contributed by atoms with Crippen molar-refractivity contribution in [3.8, 4) is 0 Å². The van der Waals surface area contributed by atoms with Crippen molar-refractivity contribution in [1.29, 1.82) is 0 Å². The average Bonchev–Trinajstić information content (AvgIpc) is 2.33. The summed E-state index contributed by atoms with van der Waals surface area (Å²) in [5.41, 5.74) is 0. The maximum Gasteiger partial charge on any atom is 0.524 e. The van der Waals surface area contributed by atoms with E-state index in [1.165, 1.54) is 5.82 Å². The van der Waals surface area contributed by atoms with Gasteiger partial charge in [-0.05, 0) is 0 Å². The third kappa shape index (κ3) is 10.9. The van der Waals surface area contributed by atoms with Crippen LogP contribution in [0.3, 0.4) is 0 Å². The van der Waals surface area contributed by atoms with Crippen LogP contribution in [0.15, 0.2) is 12.4 Å². The summed E-state index contributed by atoms with van der Waals surface area (Å²) in [6, 6.07) is 0. The maximum atomic E-state index is 3.12. The van der Waals surface area contributed by atoms with Gasteiger partial charge in [0, 0.05) is 6.42 Å². The van der Waals surface area contributed by atoms with E-state index in [0.717, 1.165) is 6.42 Å². The van der Waals surface area contributed by atoms with E-state index < -0.39 is 0 Å². The topological polar surface area (TPSA) is 19.7 Å². The van der Waals surface area contributed by atoms with E-state index in [2.05, 4.69) is 77.3 Å². The molecule has 0 fully saturated rings. The highest BCUT2D eigenvalue weighted by Crippen LogP contribution is 2.10. The fraction of sp³-hybridized carbons (Fsp3) is 0.500. The van der Waals surface area contributed by atoms with E-state index in [4.69, 9.17) is 0 Å². The molecule has 1 N–H and O–H groups in total. The van der Waals surface area contributed by atoms with Gasteiger partial charge in [0.1, 0.15) is 12.4 Å². The highest BCUT2D eigenvalue weighted by molar-refractivity contribution is 14.4. The molecule has 0 aliphatic carbocycles. The van der Waals surface area contributed by atoms with Gasteiger partial charge in [0.2, 0.25) is 0 Å². The van der Waals surface area contributed by atoms with Crippen LogP contribution in [-0.2, 0) is 13.5 Å². The molecule has 0 amide bonds. The van der Waals surface area contributed by atoms with Crippen molar-refractivity contribution in [3.63, 3.8) is 0 Å². The van der Waals surface area contributed by atoms with E-state index in [-0.39, 0.29) is 28.3 Å². The predicted octanol–water partition coefficient (Wildman–Crippen LogP) is -0.318. The molecule has 1 heterocycles. The van der Waals surface area contributed by atoms with Gasteiger partial charge in [0.15, 0.2) is 0 Å². The third-order valence-electron chi connectivity index (χ3n) is 1.31. The molecular formula is C6H11AlI4N2. The highest BCUT2D eigenvalue weighted by atomic mass is 127. The zero-order valence-corrected chi connectivity index (χ0v) is 17.2. The molecule has 0 saturated carbocycles. The van der Waals surface area contributed by atoms with E-state index >= 15 is 0 Å². The zero-order valence-electron chi connectivity index (χ0n) is 7.40. The van der Waals surface area contributed by atoms with Gasteiger partial charge in [0.25, 0.3) is 5.82 Å². The summed E-state index contributed by atoms with van der Waals surface area (Å²) in [4.78, 5) is 3.12. The van der Waals surface area contributed by atoms with Crippen molar-refractivity contribution < 1.29 is 28.5 Å². The second-order valence-electron chi connectivity index (χ2n) is 2.12. The minimum absolute atomic E-state index is 0. The molecule has 0 aliphatic rings. The molecule has 13 heavy (non-hydrogen) atoms. The van der Waals surface area contributed by atoms with Crippen LogP contribution in [0.25, 0.3) is 0 Å². The first kappa shape index (κ1) is 18.0. The Kier molecular flexibility index (Phi) is 15.5. The molecule has 1 aromatic rings. The lowest BCUT2D eigenvalue weighted by molar-refractivity contribution is -0.677. The molecule has 2 nitrogen and oxygen atoms in total. The summed E-state index contributed by atoms with van der Waals surface area (Å²) >= 11 is 7.37. The Balaban J connectivity index is 0. The number of hydrogen-bond donors (Lipinski definition) is 1. The Bertz CT molecular complexity index is 213. The standard InChI is InChI=1S/C6H10N2.Al.4HI/c1-3-6-7-4-5-8(6)2;;;;;/h4-5H,3H2,1-2H3;;4*1H/q;+3;;;;/p-3. The van der Waals surface area contributed by atoms with E-state index in [0.29, 0.717) is 0 Å². The smallest absolute Gasteiger partial charge is 0.524 e. The molecule has 0 atom stereocenters. The number of aromatic nitrogens is 2. The fourth-order valence-corrected chi connectivity index (χ4v) is 0.789. The summed E-state index contributed by atoms with van der Waals surface area (Å²) in [7, 11) is 2.04. The van der Waals surface area contributed by atoms with Crippen LogP contribution < -0.4 is 28.5 Å². The lowest BCUT2D eigenvalue weighted by Gasteiger charge is -1.83. The lowest BCUT2D eigenvalue weighted by Crippen LogP contribution is -3.00. The SMILES string of the molecule is CCc1[nH]cc[n+]1C.[I-].[I][Al]([I])[I]. The number of aromatic amines is 1. The lowest BCUT2D eigenvalue weighted by atomic mass is 10.5. The minimum atomic E-state index is -0.229. The van der Waals surface area contributed by atoms with Crippen LogP contribution in [-0.4, -0.2) is 9.28 Å². The molecule has 0 spiro atoms. The Morgan fingerprint density at radius 1 is 1.46 bits per heavy atom. The molecule has 0 aliphatic heterocycles.